The molecule has 0 radical (unpaired) electrons. The van der Waals surface area contributed by atoms with Crippen LogP contribution in [0.1, 0.15) is 39.4 Å². The van der Waals surface area contributed by atoms with Crippen molar-refractivity contribution in [2.24, 2.45) is 0 Å². The first kappa shape index (κ1) is 19.0. The van der Waals surface area contributed by atoms with Crippen molar-refractivity contribution in [3.63, 3.8) is 0 Å². The number of anilines is 3. The van der Waals surface area contributed by atoms with Crippen molar-refractivity contribution in [1.29, 1.82) is 0 Å². The number of carboxylic acid groups (broad SMARTS) is 1. The Hall–Kier alpha value is -3.34. The van der Waals surface area contributed by atoms with E-state index >= 15 is 0 Å². The smallest absolute Gasteiger partial charge is 0.337 e. The van der Waals surface area contributed by atoms with Crippen LogP contribution in [0, 0.1) is 6.92 Å². The highest BCUT2D eigenvalue weighted by Crippen LogP contribution is 2.36. The number of rotatable bonds is 6. The molecule has 3 aromatic rings. The van der Waals surface area contributed by atoms with E-state index in [1.54, 1.807) is 6.20 Å². The summed E-state index contributed by atoms with van der Waals surface area (Å²) in [6.07, 6.45) is 5.18. The Bertz CT molecular complexity index is 1030. The number of benzene rings is 2. The first-order valence-corrected chi connectivity index (χ1v) is 9.87. The van der Waals surface area contributed by atoms with Crippen molar-refractivity contribution in [1.82, 2.24) is 4.98 Å². The molecule has 1 aliphatic rings. The molecule has 0 amide bonds. The molecule has 0 saturated heterocycles. The summed E-state index contributed by atoms with van der Waals surface area (Å²) < 4.78 is 0. The van der Waals surface area contributed by atoms with Gasteiger partial charge in [0.05, 0.1) is 17.4 Å². The summed E-state index contributed by atoms with van der Waals surface area (Å²) in [7, 11) is 2.09. The number of pyridine rings is 1. The highest BCUT2D eigenvalue weighted by atomic mass is 16.4. The van der Waals surface area contributed by atoms with E-state index in [1.165, 1.54) is 40.3 Å². The molecule has 0 fully saturated rings. The van der Waals surface area contributed by atoms with Gasteiger partial charge < -0.3 is 15.3 Å². The average Bonchev–Trinajstić information content (AvgIpc) is 3.14. The maximum Gasteiger partial charge on any atom is 0.337 e. The number of carboxylic acids is 1. The van der Waals surface area contributed by atoms with E-state index in [2.05, 4.69) is 71.6 Å². The molecule has 4 rings (SSSR count). The van der Waals surface area contributed by atoms with Crippen LogP contribution in [0.3, 0.4) is 0 Å². The molecule has 1 aromatic heterocycles. The number of carbonyl (C=O) groups is 1. The van der Waals surface area contributed by atoms with Crippen LogP contribution < -0.4 is 10.2 Å². The number of hydrogen-bond acceptors (Lipinski definition) is 4. The van der Waals surface area contributed by atoms with Crippen molar-refractivity contribution in [3.05, 3.63) is 83.2 Å². The lowest BCUT2D eigenvalue weighted by atomic mass is 10.0. The number of nitrogens with one attached hydrogen (secondary N) is 1. The molecule has 0 aliphatic heterocycles. The van der Waals surface area contributed by atoms with Crippen molar-refractivity contribution in [2.45, 2.75) is 25.7 Å². The molecule has 1 atom stereocenters. The summed E-state index contributed by atoms with van der Waals surface area (Å²) in [5.74, 6) is -0.573. The Morgan fingerprint density at radius 1 is 1.17 bits per heavy atom. The van der Waals surface area contributed by atoms with Crippen LogP contribution >= 0.6 is 0 Å². The monoisotopic (exact) mass is 387 g/mol. The number of hydrogen-bond donors (Lipinski definition) is 2. The minimum Gasteiger partial charge on any atom is -0.478 e. The topological polar surface area (TPSA) is 65.5 Å². The molecule has 2 N–H and O–H groups in total. The van der Waals surface area contributed by atoms with Crippen LogP contribution in [0.5, 0.6) is 0 Å². The maximum atomic E-state index is 11.4. The SMILES string of the molecule is Cc1ccc(N(C)c2ccc3c(c2)CC[C@H]3CNc2cnccc2C(=O)O)cc1. The third kappa shape index (κ3) is 3.94. The molecule has 1 aliphatic carbocycles. The Labute approximate surface area is 171 Å². The largest absolute Gasteiger partial charge is 0.478 e. The van der Waals surface area contributed by atoms with E-state index in [1.807, 2.05) is 0 Å². The van der Waals surface area contributed by atoms with Crippen molar-refractivity contribution < 1.29 is 9.90 Å². The van der Waals surface area contributed by atoms with Gasteiger partial charge in [0.15, 0.2) is 0 Å². The number of fused-ring (bicyclic) bond motifs is 1. The van der Waals surface area contributed by atoms with E-state index in [0.717, 1.165) is 12.8 Å². The Morgan fingerprint density at radius 3 is 2.69 bits per heavy atom. The lowest BCUT2D eigenvalue weighted by Gasteiger charge is -2.21. The molecule has 0 bridgehead atoms. The van der Waals surface area contributed by atoms with Gasteiger partial charge in [-0.25, -0.2) is 4.79 Å². The van der Waals surface area contributed by atoms with Gasteiger partial charge in [0, 0.05) is 37.1 Å². The van der Waals surface area contributed by atoms with Crippen LogP contribution in [-0.2, 0) is 6.42 Å². The van der Waals surface area contributed by atoms with Gasteiger partial charge in [-0.3, -0.25) is 4.98 Å². The lowest BCUT2D eigenvalue weighted by Crippen LogP contribution is -2.13. The summed E-state index contributed by atoms with van der Waals surface area (Å²) in [6, 6.07) is 16.7. The number of aromatic carboxylic acids is 1. The Morgan fingerprint density at radius 2 is 1.93 bits per heavy atom. The van der Waals surface area contributed by atoms with Crippen molar-refractivity contribution >= 4 is 23.0 Å². The quantitative estimate of drug-likeness (QED) is 0.623. The minimum atomic E-state index is -0.939. The minimum absolute atomic E-state index is 0.258. The second kappa shape index (κ2) is 7.95. The average molecular weight is 387 g/mol. The third-order valence-corrected chi connectivity index (χ3v) is 5.73. The number of aryl methyl sites for hydroxylation is 2. The van der Waals surface area contributed by atoms with E-state index in [9.17, 15) is 9.90 Å². The second-order valence-electron chi connectivity index (χ2n) is 7.62. The molecule has 29 heavy (non-hydrogen) atoms. The van der Waals surface area contributed by atoms with Gasteiger partial charge in [0.25, 0.3) is 0 Å². The van der Waals surface area contributed by atoms with Crippen LogP contribution in [0.25, 0.3) is 0 Å². The van der Waals surface area contributed by atoms with Gasteiger partial charge >= 0.3 is 5.97 Å². The zero-order valence-electron chi connectivity index (χ0n) is 16.7. The maximum absolute atomic E-state index is 11.4. The summed E-state index contributed by atoms with van der Waals surface area (Å²) >= 11 is 0. The molecule has 2 aromatic carbocycles. The highest BCUT2D eigenvalue weighted by molar-refractivity contribution is 5.93. The summed E-state index contributed by atoms with van der Waals surface area (Å²) in [4.78, 5) is 17.6. The lowest BCUT2D eigenvalue weighted by molar-refractivity contribution is 0.0698. The standard InChI is InChI=1S/C24H25N3O2/c1-16-3-7-19(8-4-16)27(2)20-9-10-21-17(13-20)5-6-18(21)14-26-23-15-25-12-11-22(23)24(28)29/h3-4,7-13,15,18,26H,5-6,14H2,1-2H3,(H,28,29)/t18-/m0/s1. The molecule has 5 heteroatoms. The molecule has 1 heterocycles. The predicted molar refractivity (Wildman–Crippen MR) is 116 cm³/mol. The van der Waals surface area contributed by atoms with E-state index in [4.69, 9.17) is 0 Å². The van der Waals surface area contributed by atoms with Gasteiger partial charge in [0.1, 0.15) is 0 Å². The number of nitrogens with zero attached hydrogens (tertiary/aromatic N) is 2. The normalized spacial score (nSPS) is 15.0. The van der Waals surface area contributed by atoms with Crippen LogP contribution in [0.15, 0.2) is 60.9 Å². The zero-order valence-corrected chi connectivity index (χ0v) is 16.7. The fourth-order valence-electron chi connectivity index (χ4n) is 3.99. The van der Waals surface area contributed by atoms with Gasteiger partial charge in [-0.1, -0.05) is 23.8 Å². The first-order valence-electron chi connectivity index (χ1n) is 9.87. The fourth-order valence-corrected chi connectivity index (χ4v) is 3.99. The third-order valence-electron chi connectivity index (χ3n) is 5.73. The molecule has 5 nitrogen and oxygen atoms in total. The summed E-state index contributed by atoms with van der Waals surface area (Å²) in [5.41, 5.74) is 7.16. The van der Waals surface area contributed by atoms with Crippen LogP contribution in [-0.4, -0.2) is 29.7 Å². The van der Waals surface area contributed by atoms with Crippen LogP contribution in [0.4, 0.5) is 17.1 Å². The molecular weight excluding hydrogens is 362 g/mol. The highest BCUT2D eigenvalue weighted by Gasteiger charge is 2.23. The Kier molecular flexibility index (Phi) is 5.21. The molecule has 0 spiro atoms. The predicted octanol–water partition coefficient (Wildman–Crippen LogP) is 5.00. The summed E-state index contributed by atoms with van der Waals surface area (Å²) in [6.45, 7) is 2.80. The van der Waals surface area contributed by atoms with Gasteiger partial charge in [0.2, 0.25) is 0 Å². The molecule has 0 saturated carbocycles. The van der Waals surface area contributed by atoms with Gasteiger partial charge in [-0.15, -0.1) is 0 Å². The van der Waals surface area contributed by atoms with Gasteiger partial charge in [-0.05, 0) is 61.2 Å². The first-order chi connectivity index (χ1) is 14.0. The molecular formula is C24H25N3O2. The van der Waals surface area contributed by atoms with Crippen molar-refractivity contribution in [3.8, 4) is 0 Å². The number of aromatic nitrogens is 1. The van der Waals surface area contributed by atoms with Crippen molar-refractivity contribution in [2.75, 3.05) is 23.8 Å². The Balaban J connectivity index is 1.49. The van der Waals surface area contributed by atoms with E-state index < -0.39 is 5.97 Å². The van der Waals surface area contributed by atoms with E-state index in [0.29, 0.717) is 18.2 Å². The van der Waals surface area contributed by atoms with Crippen LogP contribution in [0.2, 0.25) is 0 Å². The summed E-state index contributed by atoms with van der Waals surface area (Å²) in [5, 5.41) is 12.6. The second-order valence-corrected chi connectivity index (χ2v) is 7.62. The van der Waals surface area contributed by atoms with E-state index in [-0.39, 0.29) is 5.56 Å². The zero-order chi connectivity index (χ0) is 20.4. The fraction of sp³-hybridized carbons (Fsp3) is 0.250. The van der Waals surface area contributed by atoms with Gasteiger partial charge in [-0.2, -0.15) is 0 Å². The molecule has 0 unspecified atom stereocenters. The molecule has 148 valence electrons.